The molecule has 82 valence electrons. The first-order valence-corrected chi connectivity index (χ1v) is 5.14. The number of carbonyl (C=O) groups excluding carboxylic acids is 1. The van der Waals surface area contributed by atoms with Crippen LogP contribution in [0, 0.1) is 11.3 Å². The number of nitrogens with two attached hydrogens (primary N) is 1. The first-order valence-electron chi connectivity index (χ1n) is 4.63. The lowest BCUT2D eigenvalue weighted by Crippen LogP contribution is -2.27. The van der Waals surface area contributed by atoms with Gasteiger partial charge in [0.1, 0.15) is 11.6 Å². The number of aromatic nitrogens is 2. The predicted molar refractivity (Wildman–Crippen MR) is 60.9 cm³/mol. The highest BCUT2D eigenvalue weighted by Gasteiger charge is 2.31. The summed E-state index contributed by atoms with van der Waals surface area (Å²) in [5, 5.41) is 8.86. The largest absolute Gasteiger partial charge is 0.368 e. The van der Waals surface area contributed by atoms with Gasteiger partial charge >= 0.3 is 0 Å². The Balaban J connectivity index is 2.44. The van der Waals surface area contributed by atoms with Crippen molar-refractivity contribution in [2.24, 2.45) is 0 Å². The van der Waals surface area contributed by atoms with E-state index in [1.807, 2.05) is 6.07 Å². The smallest absolute Gasteiger partial charge is 0.229 e. The van der Waals surface area contributed by atoms with Crippen molar-refractivity contribution in [1.82, 2.24) is 9.97 Å². The van der Waals surface area contributed by atoms with E-state index in [0.717, 1.165) is 0 Å². The van der Waals surface area contributed by atoms with E-state index in [0.29, 0.717) is 13.0 Å². The van der Waals surface area contributed by atoms with Crippen LogP contribution in [0.15, 0.2) is 6.20 Å². The van der Waals surface area contributed by atoms with E-state index in [1.165, 1.54) is 11.1 Å². The van der Waals surface area contributed by atoms with Gasteiger partial charge in [-0.3, -0.25) is 9.69 Å². The lowest BCUT2D eigenvalue weighted by molar-refractivity contribution is -0.117. The van der Waals surface area contributed by atoms with E-state index in [9.17, 15) is 4.79 Å². The fourth-order valence-electron chi connectivity index (χ4n) is 1.56. The van der Waals surface area contributed by atoms with Gasteiger partial charge in [0.05, 0.1) is 6.20 Å². The van der Waals surface area contributed by atoms with Crippen LogP contribution in [0.1, 0.15) is 12.0 Å². The maximum absolute atomic E-state index is 11.6. The van der Waals surface area contributed by atoms with Crippen LogP contribution in [0.25, 0.3) is 0 Å². The maximum Gasteiger partial charge on any atom is 0.229 e. The van der Waals surface area contributed by atoms with E-state index in [4.69, 9.17) is 11.0 Å². The summed E-state index contributed by atoms with van der Waals surface area (Å²) in [6.45, 7) is 0.438. The third-order valence-electron chi connectivity index (χ3n) is 2.27. The molecule has 1 atom stereocenters. The normalized spacial score (nSPS) is 19.9. The Labute approximate surface area is 97.5 Å². The molecule has 1 aromatic rings. The molecule has 0 saturated carbocycles. The number of nitrogen functional groups attached to an aromatic ring is 1. The first-order chi connectivity index (χ1) is 7.61. The molecule has 6 nitrogen and oxygen atoms in total. The van der Waals surface area contributed by atoms with Crippen molar-refractivity contribution < 1.29 is 4.79 Å². The summed E-state index contributed by atoms with van der Waals surface area (Å²) in [6.07, 6.45) is 1.66. The Bertz CT molecular complexity index is 483. The molecular weight excluding hydrogens is 226 g/mol. The van der Waals surface area contributed by atoms with Gasteiger partial charge in [-0.1, -0.05) is 0 Å². The third kappa shape index (κ3) is 1.79. The maximum atomic E-state index is 11.6. The molecule has 0 aromatic carbocycles. The monoisotopic (exact) mass is 235 g/mol. The standard InChI is InChI=1S/C9H9N5OS/c10-2-5-3-12-9(11)13-8(5)14-4-6(16)1-7(14)15/h3,6,16H,1,4H2,(H2,11,12,13). The second-order valence-electron chi connectivity index (χ2n) is 3.44. The van der Waals surface area contributed by atoms with E-state index < -0.39 is 0 Å². The van der Waals surface area contributed by atoms with Crippen LogP contribution in [-0.2, 0) is 4.79 Å². The molecule has 0 spiro atoms. The van der Waals surface area contributed by atoms with Gasteiger partial charge < -0.3 is 5.73 Å². The van der Waals surface area contributed by atoms with E-state index in [1.54, 1.807) is 0 Å². The Hall–Kier alpha value is -1.81. The summed E-state index contributed by atoms with van der Waals surface area (Å²) >= 11 is 4.23. The van der Waals surface area contributed by atoms with Crippen molar-refractivity contribution >= 4 is 30.3 Å². The summed E-state index contributed by atoms with van der Waals surface area (Å²) in [6, 6.07) is 1.94. The Kier molecular flexibility index (Phi) is 2.66. The van der Waals surface area contributed by atoms with Crippen molar-refractivity contribution in [1.29, 1.82) is 5.26 Å². The number of rotatable bonds is 1. The van der Waals surface area contributed by atoms with Gasteiger partial charge in [-0.05, 0) is 0 Å². The zero-order valence-electron chi connectivity index (χ0n) is 8.29. The summed E-state index contributed by atoms with van der Waals surface area (Å²) in [5.41, 5.74) is 5.68. The topological polar surface area (TPSA) is 95.9 Å². The number of amides is 1. The van der Waals surface area contributed by atoms with Crippen LogP contribution in [0.4, 0.5) is 11.8 Å². The Morgan fingerprint density at radius 2 is 2.44 bits per heavy atom. The highest BCUT2D eigenvalue weighted by atomic mass is 32.1. The van der Waals surface area contributed by atoms with Gasteiger partial charge in [0.25, 0.3) is 0 Å². The molecule has 2 N–H and O–H groups in total. The molecule has 1 aliphatic heterocycles. The molecule has 1 amide bonds. The number of anilines is 2. The van der Waals surface area contributed by atoms with Crippen LogP contribution in [0.3, 0.4) is 0 Å². The van der Waals surface area contributed by atoms with Gasteiger partial charge in [0.15, 0.2) is 5.82 Å². The lowest BCUT2D eigenvalue weighted by atomic mass is 10.3. The third-order valence-corrected chi connectivity index (χ3v) is 2.61. The quantitative estimate of drug-likeness (QED) is 0.666. The van der Waals surface area contributed by atoms with Gasteiger partial charge in [-0.2, -0.15) is 22.9 Å². The van der Waals surface area contributed by atoms with Gasteiger partial charge in [0, 0.05) is 18.2 Å². The zero-order chi connectivity index (χ0) is 11.7. The molecular formula is C9H9N5OS. The molecule has 0 radical (unpaired) electrons. The van der Waals surface area contributed by atoms with Crippen LogP contribution in [0.2, 0.25) is 0 Å². The van der Waals surface area contributed by atoms with Crippen LogP contribution >= 0.6 is 12.6 Å². The lowest BCUT2D eigenvalue weighted by Gasteiger charge is -2.15. The van der Waals surface area contributed by atoms with E-state index >= 15 is 0 Å². The second kappa shape index (κ2) is 3.98. The van der Waals surface area contributed by atoms with Crippen molar-refractivity contribution in [3.05, 3.63) is 11.8 Å². The molecule has 16 heavy (non-hydrogen) atoms. The highest BCUT2D eigenvalue weighted by molar-refractivity contribution is 7.81. The van der Waals surface area contributed by atoms with Crippen LogP contribution in [-0.4, -0.2) is 27.7 Å². The molecule has 1 aromatic heterocycles. The molecule has 0 bridgehead atoms. The number of carbonyl (C=O) groups is 1. The first kappa shape index (κ1) is 10.7. The average molecular weight is 235 g/mol. The van der Waals surface area contributed by atoms with Gasteiger partial charge in [0.2, 0.25) is 11.9 Å². The molecule has 1 fully saturated rings. The van der Waals surface area contributed by atoms with Crippen molar-refractivity contribution in [3.63, 3.8) is 0 Å². The summed E-state index contributed by atoms with van der Waals surface area (Å²) < 4.78 is 0. The van der Waals surface area contributed by atoms with Gasteiger partial charge in [-0.25, -0.2) is 4.98 Å². The minimum Gasteiger partial charge on any atom is -0.368 e. The molecule has 1 aliphatic rings. The van der Waals surface area contributed by atoms with E-state index in [-0.39, 0.29) is 28.5 Å². The molecule has 0 aliphatic carbocycles. The van der Waals surface area contributed by atoms with Crippen molar-refractivity contribution in [3.8, 4) is 6.07 Å². The average Bonchev–Trinajstić information content (AvgIpc) is 2.57. The van der Waals surface area contributed by atoms with Gasteiger partial charge in [-0.15, -0.1) is 0 Å². The van der Waals surface area contributed by atoms with Crippen molar-refractivity contribution in [2.45, 2.75) is 11.7 Å². The predicted octanol–water partition coefficient (Wildman–Crippen LogP) is -0.0344. The minimum absolute atomic E-state index is 0.0322. The SMILES string of the molecule is N#Cc1cnc(N)nc1N1CC(S)CC1=O. The molecule has 1 saturated heterocycles. The number of nitriles is 1. The van der Waals surface area contributed by atoms with Crippen LogP contribution in [0.5, 0.6) is 0 Å². The van der Waals surface area contributed by atoms with E-state index in [2.05, 4.69) is 22.6 Å². The van der Waals surface area contributed by atoms with Crippen molar-refractivity contribution in [2.75, 3.05) is 17.2 Å². The van der Waals surface area contributed by atoms with Crippen LogP contribution < -0.4 is 10.6 Å². The molecule has 2 heterocycles. The minimum atomic E-state index is -0.102. The molecule has 1 unspecified atom stereocenters. The molecule has 7 heteroatoms. The zero-order valence-corrected chi connectivity index (χ0v) is 9.19. The fraction of sp³-hybridized carbons (Fsp3) is 0.333. The fourth-order valence-corrected chi connectivity index (χ4v) is 1.88. The summed E-state index contributed by atoms with van der Waals surface area (Å²) in [7, 11) is 0. The summed E-state index contributed by atoms with van der Waals surface area (Å²) in [4.78, 5) is 20.7. The Morgan fingerprint density at radius 3 is 3.00 bits per heavy atom. The molecule has 2 rings (SSSR count). The Morgan fingerprint density at radius 1 is 1.69 bits per heavy atom. The number of hydrogen-bond donors (Lipinski definition) is 2. The summed E-state index contributed by atoms with van der Waals surface area (Å²) in [5.74, 6) is 0.218. The number of thiol groups is 1. The highest BCUT2D eigenvalue weighted by Crippen LogP contribution is 2.25. The number of nitrogens with zero attached hydrogens (tertiary/aromatic N) is 4. The second-order valence-corrected chi connectivity index (χ2v) is 4.17. The number of hydrogen-bond acceptors (Lipinski definition) is 6.